The molecule has 24 heavy (non-hydrogen) atoms. The summed E-state index contributed by atoms with van der Waals surface area (Å²) in [5.41, 5.74) is 1.91. The number of nitriles is 1. The van der Waals surface area contributed by atoms with Gasteiger partial charge in [0.25, 0.3) is 10.1 Å². The zero-order valence-corrected chi connectivity index (χ0v) is 15.7. The SMILES string of the molecule is Cc1ccc(S(=O)(=O)OCCCC(C#N)c2ccc(Br)cc2)cc1. The van der Waals surface area contributed by atoms with Crippen molar-refractivity contribution in [2.24, 2.45) is 0 Å². The van der Waals surface area contributed by atoms with E-state index in [9.17, 15) is 13.7 Å². The summed E-state index contributed by atoms with van der Waals surface area (Å²) >= 11 is 3.36. The van der Waals surface area contributed by atoms with Crippen LogP contribution in [0.15, 0.2) is 57.9 Å². The zero-order valence-electron chi connectivity index (χ0n) is 13.3. The Labute approximate surface area is 151 Å². The monoisotopic (exact) mass is 407 g/mol. The lowest BCUT2D eigenvalue weighted by Crippen LogP contribution is -2.08. The maximum atomic E-state index is 12.1. The van der Waals surface area contributed by atoms with Crippen LogP contribution >= 0.6 is 15.9 Å². The fourth-order valence-electron chi connectivity index (χ4n) is 2.23. The highest BCUT2D eigenvalue weighted by Gasteiger charge is 2.16. The molecule has 2 rings (SSSR count). The van der Waals surface area contributed by atoms with Crippen molar-refractivity contribution in [2.45, 2.75) is 30.6 Å². The molecule has 0 N–H and O–H groups in total. The topological polar surface area (TPSA) is 67.2 Å². The summed E-state index contributed by atoms with van der Waals surface area (Å²) in [4.78, 5) is 0.151. The summed E-state index contributed by atoms with van der Waals surface area (Å²) in [6, 6.07) is 16.3. The molecule has 0 aliphatic rings. The van der Waals surface area contributed by atoms with Crippen LogP contribution in [0.5, 0.6) is 0 Å². The predicted molar refractivity (Wildman–Crippen MR) is 96.0 cm³/mol. The third-order valence-corrected chi connectivity index (χ3v) is 5.47. The lowest BCUT2D eigenvalue weighted by atomic mass is 9.96. The van der Waals surface area contributed by atoms with Crippen molar-refractivity contribution < 1.29 is 12.6 Å². The summed E-state index contributed by atoms with van der Waals surface area (Å²) in [7, 11) is -3.74. The molecule has 0 saturated carbocycles. The van der Waals surface area contributed by atoms with Gasteiger partial charge in [0.15, 0.2) is 0 Å². The van der Waals surface area contributed by atoms with Crippen LogP contribution in [0, 0.1) is 18.3 Å². The first-order valence-electron chi connectivity index (χ1n) is 7.53. The molecule has 4 nitrogen and oxygen atoms in total. The molecule has 0 aromatic heterocycles. The first-order chi connectivity index (χ1) is 11.4. The molecule has 2 aromatic carbocycles. The summed E-state index contributed by atoms with van der Waals surface area (Å²) in [5.74, 6) is -0.274. The van der Waals surface area contributed by atoms with Gasteiger partial charge in [0.1, 0.15) is 0 Å². The zero-order chi connectivity index (χ0) is 17.6. The Morgan fingerprint density at radius 2 is 1.75 bits per heavy atom. The van der Waals surface area contributed by atoms with Crippen molar-refractivity contribution in [1.82, 2.24) is 0 Å². The van der Waals surface area contributed by atoms with Crippen molar-refractivity contribution in [2.75, 3.05) is 6.61 Å². The largest absolute Gasteiger partial charge is 0.296 e. The van der Waals surface area contributed by atoms with Gasteiger partial charge in [-0.25, -0.2) is 0 Å². The Morgan fingerprint density at radius 1 is 1.12 bits per heavy atom. The molecule has 0 aliphatic heterocycles. The second-order valence-electron chi connectivity index (χ2n) is 5.46. The van der Waals surface area contributed by atoms with E-state index in [-0.39, 0.29) is 17.4 Å². The van der Waals surface area contributed by atoms with E-state index in [1.807, 2.05) is 31.2 Å². The number of aryl methyl sites for hydroxylation is 1. The summed E-state index contributed by atoms with van der Waals surface area (Å²) in [6.45, 7) is 1.95. The van der Waals surface area contributed by atoms with Gasteiger partial charge in [-0.1, -0.05) is 45.8 Å². The molecule has 0 aliphatic carbocycles. The molecule has 0 spiro atoms. The second-order valence-corrected chi connectivity index (χ2v) is 8.00. The predicted octanol–water partition coefficient (Wildman–Crippen LogP) is 4.55. The van der Waals surface area contributed by atoms with Crippen molar-refractivity contribution in [1.29, 1.82) is 5.26 Å². The maximum absolute atomic E-state index is 12.1. The molecule has 126 valence electrons. The Morgan fingerprint density at radius 3 is 2.33 bits per heavy atom. The van der Waals surface area contributed by atoms with Gasteiger partial charge >= 0.3 is 0 Å². The maximum Gasteiger partial charge on any atom is 0.296 e. The average molecular weight is 408 g/mol. The molecular weight excluding hydrogens is 390 g/mol. The molecule has 0 bridgehead atoms. The highest BCUT2D eigenvalue weighted by atomic mass is 79.9. The van der Waals surface area contributed by atoms with Crippen molar-refractivity contribution in [3.05, 3.63) is 64.1 Å². The van der Waals surface area contributed by atoms with E-state index in [1.165, 1.54) is 12.1 Å². The molecule has 0 saturated heterocycles. The molecular formula is C18H18BrNO3S. The van der Waals surface area contributed by atoms with Crippen LogP contribution in [0.4, 0.5) is 0 Å². The second kappa shape index (κ2) is 8.43. The van der Waals surface area contributed by atoms with E-state index in [0.717, 1.165) is 15.6 Å². The number of nitrogens with zero attached hydrogens (tertiary/aromatic N) is 1. The van der Waals surface area contributed by atoms with Crippen molar-refractivity contribution in [3.63, 3.8) is 0 Å². The van der Waals surface area contributed by atoms with Gasteiger partial charge in [-0.2, -0.15) is 13.7 Å². The summed E-state index contributed by atoms with van der Waals surface area (Å²) in [5, 5.41) is 9.29. The van der Waals surface area contributed by atoms with E-state index in [4.69, 9.17) is 4.18 Å². The number of rotatable bonds is 7. The number of benzene rings is 2. The number of halogens is 1. The number of hydrogen-bond acceptors (Lipinski definition) is 4. The average Bonchev–Trinajstić information content (AvgIpc) is 2.56. The Kier molecular flexibility index (Phi) is 6.55. The lowest BCUT2D eigenvalue weighted by molar-refractivity contribution is 0.306. The van der Waals surface area contributed by atoms with Gasteiger partial charge in [0.05, 0.1) is 23.5 Å². The third kappa shape index (κ3) is 5.17. The Balaban J connectivity index is 1.88. The normalized spacial score (nSPS) is 12.5. The van der Waals surface area contributed by atoms with Crippen LogP contribution in [0.25, 0.3) is 0 Å². The Bertz CT molecular complexity index is 809. The van der Waals surface area contributed by atoms with Gasteiger partial charge in [0, 0.05) is 4.47 Å². The molecule has 0 heterocycles. The fourth-order valence-corrected chi connectivity index (χ4v) is 3.44. The van der Waals surface area contributed by atoms with Crippen LogP contribution in [0.3, 0.4) is 0 Å². The quantitative estimate of drug-likeness (QED) is 0.498. The molecule has 0 amide bonds. The van der Waals surface area contributed by atoms with Crippen LogP contribution in [0.2, 0.25) is 0 Å². The summed E-state index contributed by atoms with van der Waals surface area (Å²) < 4.78 is 30.2. The van der Waals surface area contributed by atoms with Gasteiger partial charge < -0.3 is 0 Å². The van der Waals surface area contributed by atoms with E-state index in [0.29, 0.717) is 12.8 Å². The van der Waals surface area contributed by atoms with Crippen molar-refractivity contribution in [3.8, 4) is 6.07 Å². The van der Waals surface area contributed by atoms with Crippen LogP contribution < -0.4 is 0 Å². The molecule has 0 fully saturated rings. The molecule has 1 unspecified atom stereocenters. The van der Waals surface area contributed by atoms with Gasteiger partial charge in [-0.15, -0.1) is 0 Å². The first-order valence-corrected chi connectivity index (χ1v) is 9.73. The standard InChI is InChI=1S/C18H18BrNO3S/c1-14-4-10-18(11-5-14)24(21,22)23-12-2-3-16(13-20)15-6-8-17(19)9-7-15/h4-11,16H,2-3,12H2,1H3. The third-order valence-electron chi connectivity index (χ3n) is 3.61. The van der Waals surface area contributed by atoms with Crippen LogP contribution in [-0.2, 0) is 14.3 Å². The molecule has 0 radical (unpaired) electrons. The molecule has 2 aromatic rings. The summed E-state index contributed by atoms with van der Waals surface area (Å²) in [6.07, 6.45) is 1.03. The van der Waals surface area contributed by atoms with Gasteiger partial charge in [-0.05, 0) is 49.6 Å². The smallest absolute Gasteiger partial charge is 0.266 e. The van der Waals surface area contributed by atoms with Crippen LogP contribution in [-0.4, -0.2) is 15.0 Å². The van der Waals surface area contributed by atoms with E-state index >= 15 is 0 Å². The highest BCUT2D eigenvalue weighted by Crippen LogP contribution is 2.23. The van der Waals surface area contributed by atoms with E-state index < -0.39 is 10.1 Å². The van der Waals surface area contributed by atoms with E-state index in [2.05, 4.69) is 22.0 Å². The van der Waals surface area contributed by atoms with E-state index in [1.54, 1.807) is 12.1 Å². The molecule has 6 heteroatoms. The van der Waals surface area contributed by atoms with Crippen molar-refractivity contribution >= 4 is 26.0 Å². The lowest BCUT2D eigenvalue weighted by Gasteiger charge is -2.10. The Hall–Kier alpha value is -1.68. The van der Waals surface area contributed by atoms with Crippen LogP contribution in [0.1, 0.15) is 29.9 Å². The van der Waals surface area contributed by atoms with Gasteiger partial charge in [0.2, 0.25) is 0 Å². The molecule has 1 atom stereocenters. The number of hydrogen-bond donors (Lipinski definition) is 0. The minimum absolute atomic E-state index is 0.0604. The highest BCUT2D eigenvalue weighted by molar-refractivity contribution is 9.10. The minimum atomic E-state index is -3.74. The fraction of sp³-hybridized carbons (Fsp3) is 0.278. The first kappa shape index (κ1) is 18.7. The minimum Gasteiger partial charge on any atom is -0.266 e. The van der Waals surface area contributed by atoms with Gasteiger partial charge in [-0.3, -0.25) is 4.18 Å².